The monoisotopic (exact) mass is 334 g/mol. The van der Waals surface area contributed by atoms with Gasteiger partial charge in [-0.2, -0.15) is 13.2 Å². The number of carbonyl (C=O) groups is 1. The molecule has 0 aliphatic rings. The fourth-order valence-electron chi connectivity index (χ4n) is 0.852. The van der Waals surface area contributed by atoms with Gasteiger partial charge in [0.15, 0.2) is 0 Å². The van der Waals surface area contributed by atoms with Crippen molar-refractivity contribution in [2.45, 2.75) is 6.18 Å². The van der Waals surface area contributed by atoms with E-state index in [1.165, 1.54) is 6.07 Å². The van der Waals surface area contributed by atoms with Gasteiger partial charge in [0.1, 0.15) is 0 Å². The summed E-state index contributed by atoms with van der Waals surface area (Å²) in [5, 5.41) is -0.888. The van der Waals surface area contributed by atoms with Crippen molar-refractivity contribution in [3.63, 3.8) is 0 Å². The molecule has 0 heterocycles. The van der Waals surface area contributed by atoms with E-state index in [1.807, 2.05) is 0 Å². The van der Waals surface area contributed by atoms with Gasteiger partial charge in [-0.05, 0) is 52.4 Å². The number of halogens is 5. The lowest BCUT2D eigenvalue weighted by atomic mass is 10.1. The van der Waals surface area contributed by atoms with Gasteiger partial charge in [0, 0.05) is 9.13 Å². The minimum Gasteiger partial charge on any atom is -0.276 e. The molecule has 0 saturated heterocycles. The van der Waals surface area contributed by atoms with Gasteiger partial charge >= 0.3 is 6.18 Å². The third-order valence-corrected chi connectivity index (χ3v) is 2.65. The number of hydrogen-bond donors (Lipinski definition) is 0. The first-order valence-electron chi connectivity index (χ1n) is 3.39. The molecular formula is C8H3ClF3IO. The summed E-state index contributed by atoms with van der Waals surface area (Å²) in [7, 11) is 0. The van der Waals surface area contributed by atoms with E-state index in [4.69, 9.17) is 11.6 Å². The molecule has 0 unspecified atom stereocenters. The predicted molar refractivity (Wildman–Crippen MR) is 54.3 cm³/mol. The second kappa shape index (κ2) is 4.06. The zero-order valence-electron chi connectivity index (χ0n) is 6.53. The summed E-state index contributed by atoms with van der Waals surface area (Å²) < 4.78 is 37.0. The van der Waals surface area contributed by atoms with Gasteiger partial charge in [-0.1, -0.05) is 0 Å². The van der Waals surface area contributed by atoms with Gasteiger partial charge in [0.05, 0.1) is 5.56 Å². The Hall–Kier alpha value is -0.300. The number of hydrogen-bond acceptors (Lipinski definition) is 1. The van der Waals surface area contributed by atoms with E-state index >= 15 is 0 Å². The van der Waals surface area contributed by atoms with Crippen molar-refractivity contribution in [1.29, 1.82) is 0 Å². The third kappa shape index (κ3) is 2.60. The molecular weight excluding hydrogens is 331 g/mol. The Morgan fingerprint density at radius 3 is 2.36 bits per heavy atom. The highest BCUT2D eigenvalue weighted by Crippen LogP contribution is 2.31. The molecule has 0 bridgehead atoms. The van der Waals surface area contributed by atoms with Crippen molar-refractivity contribution < 1.29 is 18.0 Å². The lowest BCUT2D eigenvalue weighted by molar-refractivity contribution is -0.137. The Morgan fingerprint density at radius 2 is 1.93 bits per heavy atom. The molecule has 0 amide bonds. The molecule has 0 atom stereocenters. The lowest BCUT2D eigenvalue weighted by Gasteiger charge is -2.07. The van der Waals surface area contributed by atoms with Crippen LogP contribution in [0.15, 0.2) is 18.2 Å². The van der Waals surface area contributed by atoms with Crippen LogP contribution in [0, 0.1) is 3.57 Å². The molecule has 0 aliphatic heterocycles. The van der Waals surface area contributed by atoms with E-state index < -0.39 is 17.0 Å². The average Bonchev–Trinajstić information content (AvgIpc) is 2.02. The summed E-state index contributed by atoms with van der Waals surface area (Å²) in [6, 6.07) is 2.86. The predicted octanol–water partition coefficient (Wildman–Crippen LogP) is 3.69. The summed E-state index contributed by atoms with van der Waals surface area (Å²) in [4.78, 5) is 10.7. The third-order valence-electron chi connectivity index (χ3n) is 1.51. The molecule has 0 fully saturated rings. The van der Waals surface area contributed by atoms with E-state index in [0.29, 0.717) is 3.57 Å². The number of benzene rings is 1. The number of rotatable bonds is 1. The fraction of sp³-hybridized carbons (Fsp3) is 0.125. The van der Waals surface area contributed by atoms with Gasteiger partial charge in [0.2, 0.25) is 0 Å². The maximum Gasteiger partial charge on any atom is 0.416 e. The molecule has 0 radical (unpaired) electrons. The molecule has 0 aliphatic carbocycles. The highest BCUT2D eigenvalue weighted by molar-refractivity contribution is 14.1. The first-order chi connectivity index (χ1) is 6.32. The van der Waals surface area contributed by atoms with Gasteiger partial charge in [-0.3, -0.25) is 4.79 Å². The largest absolute Gasteiger partial charge is 0.416 e. The summed E-state index contributed by atoms with van der Waals surface area (Å²) in [6.45, 7) is 0. The zero-order chi connectivity index (χ0) is 10.9. The van der Waals surface area contributed by atoms with E-state index in [-0.39, 0.29) is 5.56 Å². The number of carbonyl (C=O) groups excluding carboxylic acids is 1. The van der Waals surface area contributed by atoms with Crippen LogP contribution in [0.2, 0.25) is 0 Å². The standard InChI is InChI=1S/C8H3ClF3IO/c9-7(14)5-3-4(8(10,11)12)1-2-6(5)13/h1-3H. The lowest BCUT2D eigenvalue weighted by Crippen LogP contribution is -2.07. The average molecular weight is 334 g/mol. The van der Waals surface area contributed by atoms with Crippen LogP contribution in [0.4, 0.5) is 13.2 Å². The van der Waals surface area contributed by atoms with Crippen molar-refractivity contribution in [1.82, 2.24) is 0 Å². The minimum atomic E-state index is -4.45. The summed E-state index contributed by atoms with van der Waals surface area (Å²) in [6.07, 6.45) is -4.45. The quantitative estimate of drug-likeness (QED) is 0.565. The molecule has 1 aromatic rings. The Labute approximate surface area is 96.4 Å². The van der Waals surface area contributed by atoms with Crippen molar-refractivity contribution >= 4 is 39.4 Å². The smallest absolute Gasteiger partial charge is 0.276 e. The Kier molecular flexibility index (Phi) is 3.41. The Bertz CT molecular complexity index is 375. The molecule has 0 spiro atoms. The maximum absolute atomic E-state index is 12.2. The molecule has 0 N–H and O–H groups in total. The van der Waals surface area contributed by atoms with Crippen molar-refractivity contribution in [2.75, 3.05) is 0 Å². The van der Waals surface area contributed by atoms with E-state index in [0.717, 1.165) is 12.1 Å². The molecule has 76 valence electrons. The molecule has 1 aromatic carbocycles. The van der Waals surface area contributed by atoms with Crippen LogP contribution in [0.25, 0.3) is 0 Å². The van der Waals surface area contributed by atoms with Crippen LogP contribution in [-0.4, -0.2) is 5.24 Å². The summed E-state index contributed by atoms with van der Waals surface area (Å²) >= 11 is 6.87. The second-order valence-corrected chi connectivity index (χ2v) is 3.97. The molecule has 6 heteroatoms. The van der Waals surface area contributed by atoms with Crippen molar-refractivity contribution in [3.8, 4) is 0 Å². The van der Waals surface area contributed by atoms with Crippen molar-refractivity contribution in [2.24, 2.45) is 0 Å². The highest BCUT2D eigenvalue weighted by atomic mass is 127. The number of alkyl halides is 3. The Balaban J connectivity index is 3.27. The van der Waals surface area contributed by atoms with Gasteiger partial charge in [-0.25, -0.2) is 0 Å². The summed E-state index contributed by atoms with van der Waals surface area (Å²) in [5.41, 5.74) is -0.996. The topological polar surface area (TPSA) is 17.1 Å². The first kappa shape index (κ1) is 11.8. The van der Waals surface area contributed by atoms with Crippen LogP contribution >= 0.6 is 34.2 Å². The van der Waals surface area contributed by atoms with Crippen LogP contribution in [-0.2, 0) is 6.18 Å². The fourth-order valence-corrected chi connectivity index (χ4v) is 1.75. The summed E-state index contributed by atoms with van der Waals surface area (Å²) in [5.74, 6) is 0. The highest BCUT2D eigenvalue weighted by Gasteiger charge is 2.31. The molecule has 0 saturated carbocycles. The van der Waals surface area contributed by atoms with Crippen molar-refractivity contribution in [3.05, 3.63) is 32.9 Å². The first-order valence-corrected chi connectivity index (χ1v) is 4.84. The van der Waals surface area contributed by atoms with Gasteiger partial charge < -0.3 is 0 Å². The van der Waals surface area contributed by atoms with E-state index in [2.05, 4.69) is 0 Å². The SMILES string of the molecule is O=C(Cl)c1cc(C(F)(F)F)ccc1I. The van der Waals surface area contributed by atoms with Crippen LogP contribution in [0.3, 0.4) is 0 Å². The normalized spacial score (nSPS) is 11.5. The van der Waals surface area contributed by atoms with E-state index in [9.17, 15) is 18.0 Å². The molecule has 14 heavy (non-hydrogen) atoms. The molecule has 0 aromatic heterocycles. The van der Waals surface area contributed by atoms with Crippen LogP contribution < -0.4 is 0 Å². The van der Waals surface area contributed by atoms with E-state index in [1.54, 1.807) is 22.6 Å². The van der Waals surface area contributed by atoms with Gasteiger partial charge in [-0.15, -0.1) is 0 Å². The van der Waals surface area contributed by atoms with Gasteiger partial charge in [0.25, 0.3) is 5.24 Å². The minimum absolute atomic E-state index is 0.123. The zero-order valence-corrected chi connectivity index (χ0v) is 9.44. The van der Waals surface area contributed by atoms with Crippen LogP contribution in [0.1, 0.15) is 15.9 Å². The maximum atomic E-state index is 12.2. The van der Waals surface area contributed by atoms with Crippen LogP contribution in [0.5, 0.6) is 0 Å². The molecule has 1 nitrogen and oxygen atoms in total. The molecule has 1 rings (SSSR count). The Morgan fingerprint density at radius 1 is 1.36 bits per heavy atom. The second-order valence-electron chi connectivity index (χ2n) is 2.47.